The monoisotopic (exact) mass is 222 g/mol. The Balaban J connectivity index is 1.75. The predicted octanol–water partition coefficient (Wildman–Crippen LogP) is 2.77. The Kier molecular flexibility index (Phi) is 2.53. The van der Waals surface area contributed by atoms with Crippen LogP contribution in [0.4, 0.5) is 0 Å². The third-order valence-electron chi connectivity index (χ3n) is 3.98. The van der Waals surface area contributed by atoms with Gasteiger partial charge < -0.3 is 5.32 Å². The van der Waals surface area contributed by atoms with Crippen molar-refractivity contribution in [3.63, 3.8) is 0 Å². The topological polar surface area (TPSA) is 24.9 Å². The van der Waals surface area contributed by atoms with E-state index in [1.54, 1.807) is 0 Å². The molecule has 3 atom stereocenters. The molecule has 0 aliphatic heterocycles. The van der Waals surface area contributed by atoms with Crippen molar-refractivity contribution in [3.05, 3.63) is 16.1 Å². The molecule has 3 heteroatoms. The minimum Gasteiger partial charge on any atom is -0.315 e. The summed E-state index contributed by atoms with van der Waals surface area (Å²) in [7, 11) is 2.00. The van der Waals surface area contributed by atoms with Gasteiger partial charge in [0.05, 0.1) is 5.01 Å². The van der Waals surface area contributed by atoms with Gasteiger partial charge in [0.15, 0.2) is 0 Å². The number of nitrogens with zero attached hydrogens (tertiary/aromatic N) is 1. The molecule has 1 N–H and O–H groups in total. The molecule has 82 valence electrons. The van der Waals surface area contributed by atoms with E-state index in [2.05, 4.69) is 16.5 Å². The summed E-state index contributed by atoms with van der Waals surface area (Å²) in [5.41, 5.74) is 0. The molecule has 2 bridgehead atoms. The molecule has 0 saturated heterocycles. The normalized spacial score (nSPS) is 33.8. The molecule has 3 rings (SSSR count). The van der Waals surface area contributed by atoms with Gasteiger partial charge in [0.1, 0.15) is 0 Å². The fourth-order valence-electron chi connectivity index (χ4n) is 3.30. The van der Waals surface area contributed by atoms with Crippen molar-refractivity contribution in [1.82, 2.24) is 10.3 Å². The van der Waals surface area contributed by atoms with E-state index in [0.717, 1.165) is 24.3 Å². The Hall–Kier alpha value is -0.410. The molecule has 2 nitrogen and oxygen atoms in total. The first-order chi connectivity index (χ1) is 7.36. The molecular formula is C12H18N2S. The van der Waals surface area contributed by atoms with Crippen molar-refractivity contribution in [2.24, 2.45) is 11.8 Å². The molecule has 0 aromatic carbocycles. The van der Waals surface area contributed by atoms with Crippen molar-refractivity contribution in [1.29, 1.82) is 0 Å². The molecule has 0 radical (unpaired) electrons. The number of aromatic nitrogens is 1. The van der Waals surface area contributed by atoms with Crippen LogP contribution in [0.3, 0.4) is 0 Å². The van der Waals surface area contributed by atoms with Gasteiger partial charge >= 0.3 is 0 Å². The minimum absolute atomic E-state index is 0.805. The van der Waals surface area contributed by atoms with E-state index in [0.29, 0.717) is 0 Å². The van der Waals surface area contributed by atoms with Crippen LogP contribution in [-0.2, 0) is 6.54 Å². The van der Waals surface area contributed by atoms with Crippen molar-refractivity contribution in [3.8, 4) is 0 Å². The number of rotatable bonds is 3. The fraction of sp³-hybridized carbons (Fsp3) is 0.750. The number of fused-ring (bicyclic) bond motifs is 2. The zero-order chi connectivity index (χ0) is 10.3. The zero-order valence-corrected chi connectivity index (χ0v) is 10.0. The maximum atomic E-state index is 4.61. The van der Waals surface area contributed by atoms with Crippen molar-refractivity contribution in [2.45, 2.75) is 38.1 Å². The smallest absolute Gasteiger partial charge is 0.0961 e. The van der Waals surface area contributed by atoms with Gasteiger partial charge in [0.25, 0.3) is 0 Å². The Bertz CT molecular complexity index is 347. The molecule has 2 fully saturated rings. The molecule has 3 unspecified atom stereocenters. The minimum atomic E-state index is 0.805. The lowest BCUT2D eigenvalue weighted by molar-refractivity contribution is 0.419. The zero-order valence-electron chi connectivity index (χ0n) is 9.20. The van der Waals surface area contributed by atoms with Gasteiger partial charge in [-0.05, 0) is 38.1 Å². The highest BCUT2D eigenvalue weighted by Gasteiger charge is 2.41. The van der Waals surface area contributed by atoms with Crippen LogP contribution in [0.5, 0.6) is 0 Å². The van der Waals surface area contributed by atoms with Crippen LogP contribution in [0.15, 0.2) is 6.20 Å². The lowest BCUT2D eigenvalue weighted by Crippen LogP contribution is -2.07. The Morgan fingerprint density at radius 2 is 2.40 bits per heavy atom. The van der Waals surface area contributed by atoms with E-state index >= 15 is 0 Å². The molecule has 0 amide bonds. The van der Waals surface area contributed by atoms with Crippen molar-refractivity contribution in [2.75, 3.05) is 7.05 Å². The van der Waals surface area contributed by atoms with E-state index in [-0.39, 0.29) is 0 Å². The second kappa shape index (κ2) is 3.87. The van der Waals surface area contributed by atoms with Crippen LogP contribution in [0.25, 0.3) is 0 Å². The van der Waals surface area contributed by atoms with Crippen LogP contribution in [-0.4, -0.2) is 12.0 Å². The van der Waals surface area contributed by atoms with Gasteiger partial charge in [-0.3, -0.25) is 0 Å². The molecule has 2 aliphatic carbocycles. The third-order valence-corrected chi connectivity index (χ3v) is 5.11. The van der Waals surface area contributed by atoms with Crippen LogP contribution in [0.2, 0.25) is 0 Å². The summed E-state index contributed by atoms with van der Waals surface area (Å²) in [6.45, 7) is 0.971. The summed E-state index contributed by atoms with van der Waals surface area (Å²) in [5.74, 6) is 2.79. The third kappa shape index (κ3) is 1.72. The van der Waals surface area contributed by atoms with Gasteiger partial charge in [0.2, 0.25) is 0 Å². The SMILES string of the molecule is CNCc1cnc(C2CC3CCC2C3)s1. The van der Waals surface area contributed by atoms with Gasteiger partial charge in [-0.15, -0.1) is 11.3 Å². The second-order valence-corrected chi connectivity index (χ2v) is 6.12. The van der Waals surface area contributed by atoms with E-state index < -0.39 is 0 Å². The first kappa shape index (κ1) is 9.79. The molecular weight excluding hydrogens is 204 g/mol. The fourth-order valence-corrected chi connectivity index (χ4v) is 4.43. The van der Waals surface area contributed by atoms with Gasteiger partial charge in [-0.1, -0.05) is 6.42 Å². The molecule has 1 aromatic heterocycles. The van der Waals surface area contributed by atoms with Gasteiger partial charge in [-0.25, -0.2) is 4.98 Å². The second-order valence-electron chi connectivity index (χ2n) is 4.98. The van der Waals surface area contributed by atoms with Crippen LogP contribution in [0, 0.1) is 11.8 Å². The van der Waals surface area contributed by atoms with E-state index in [1.807, 2.05) is 18.4 Å². The molecule has 1 heterocycles. The number of nitrogens with one attached hydrogen (secondary N) is 1. The summed E-state index contributed by atoms with van der Waals surface area (Å²) < 4.78 is 0. The first-order valence-corrected chi connectivity index (χ1v) is 6.77. The largest absolute Gasteiger partial charge is 0.315 e. The average Bonchev–Trinajstić information content (AvgIpc) is 2.91. The summed E-state index contributed by atoms with van der Waals surface area (Å²) in [4.78, 5) is 6.00. The van der Waals surface area contributed by atoms with Crippen LogP contribution < -0.4 is 5.32 Å². The van der Waals surface area contributed by atoms with E-state index in [4.69, 9.17) is 0 Å². The predicted molar refractivity (Wildman–Crippen MR) is 63.1 cm³/mol. The average molecular weight is 222 g/mol. The van der Waals surface area contributed by atoms with Crippen LogP contribution in [0.1, 0.15) is 41.5 Å². The Labute approximate surface area is 95.1 Å². The standard InChI is InChI=1S/C12H18N2S/c1-13-6-10-7-14-12(15-10)11-5-8-2-3-9(11)4-8/h7-9,11,13H,2-6H2,1H3. The van der Waals surface area contributed by atoms with Crippen LogP contribution >= 0.6 is 11.3 Å². The molecule has 2 saturated carbocycles. The maximum absolute atomic E-state index is 4.61. The van der Waals surface area contributed by atoms with Gasteiger partial charge in [-0.2, -0.15) is 0 Å². The maximum Gasteiger partial charge on any atom is 0.0961 e. The summed E-state index contributed by atoms with van der Waals surface area (Å²) in [5, 5.41) is 4.60. The lowest BCUT2D eigenvalue weighted by Gasteiger charge is -2.18. The lowest BCUT2D eigenvalue weighted by atomic mass is 9.89. The molecule has 0 spiro atoms. The Morgan fingerprint density at radius 1 is 1.47 bits per heavy atom. The summed E-state index contributed by atoms with van der Waals surface area (Å²) in [6, 6.07) is 0. The molecule has 1 aromatic rings. The highest BCUT2D eigenvalue weighted by atomic mass is 32.1. The van der Waals surface area contributed by atoms with Gasteiger partial charge in [0, 0.05) is 23.5 Å². The van der Waals surface area contributed by atoms with E-state index in [9.17, 15) is 0 Å². The number of hydrogen-bond donors (Lipinski definition) is 1. The molecule has 15 heavy (non-hydrogen) atoms. The quantitative estimate of drug-likeness (QED) is 0.850. The van der Waals surface area contributed by atoms with E-state index in [1.165, 1.54) is 35.6 Å². The highest BCUT2D eigenvalue weighted by Crippen LogP contribution is 2.53. The van der Waals surface area contributed by atoms with Crippen molar-refractivity contribution < 1.29 is 0 Å². The summed E-state index contributed by atoms with van der Waals surface area (Å²) in [6.07, 6.45) is 7.89. The Morgan fingerprint density at radius 3 is 3.07 bits per heavy atom. The van der Waals surface area contributed by atoms with Crippen molar-refractivity contribution >= 4 is 11.3 Å². The highest BCUT2D eigenvalue weighted by molar-refractivity contribution is 7.11. The number of thiazole rings is 1. The summed E-state index contributed by atoms with van der Waals surface area (Å²) >= 11 is 1.92. The molecule has 2 aliphatic rings. The number of hydrogen-bond acceptors (Lipinski definition) is 3. The first-order valence-electron chi connectivity index (χ1n) is 5.96.